The largest absolute Gasteiger partial charge is 0.440 e. The van der Waals surface area contributed by atoms with E-state index in [1.807, 2.05) is 6.92 Å². The molecule has 0 bridgehead atoms. The van der Waals surface area contributed by atoms with Crippen molar-refractivity contribution >= 4 is 34.8 Å². The lowest BCUT2D eigenvalue weighted by atomic mass is 10.1. The van der Waals surface area contributed by atoms with Gasteiger partial charge in [-0.05, 0) is 54.4 Å². The molecule has 2 amide bonds. The maximum atomic E-state index is 11.9. The van der Waals surface area contributed by atoms with Crippen LogP contribution in [0.3, 0.4) is 0 Å². The van der Waals surface area contributed by atoms with Crippen LogP contribution in [0.2, 0.25) is 5.22 Å². The maximum absolute atomic E-state index is 11.9. The van der Waals surface area contributed by atoms with Crippen LogP contribution in [0.15, 0.2) is 34.7 Å². The van der Waals surface area contributed by atoms with Crippen molar-refractivity contribution in [1.29, 1.82) is 0 Å². The maximum Gasteiger partial charge on any atom is 0.291 e. The lowest BCUT2D eigenvalue weighted by Crippen LogP contribution is -2.12. The Morgan fingerprint density at radius 3 is 2.45 bits per heavy atom. The average molecular weight is 293 g/mol. The SMILES string of the molecule is CC(=O)Nc1ccc(NC(=O)c2ccc(Cl)o2)cc1C. The lowest BCUT2D eigenvalue weighted by Gasteiger charge is -2.09. The summed E-state index contributed by atoms with van der Waals surface area (Å²) in [7, 11) is 0. The van der Waals surface area contributed by atoms with Gasteiger partial charge in [0.2, 0.25) is 5.91 Å². The normalized spacial score (nSPS) is 10.2. The number of rotatable bonds is 3. The molecule has 0 saturated carbocycles. The van der Waals surface area contributed by atoms with Crippen LogP contribution in [0.5, 0.6) is 0 Å². The van der Waals surface area contributed by atoms with Crippen LogP contribution in [0.4, 0.5) is 11.4 Å². The summed E-state index contributed by atoms with van der Waals surface area (Å²) in [4.78, 5) is 22.9. The molecule has 0 aliphatic rings. The van der Waals surface area contributed by atoms with Crippen molar-refractivity contribution in [2.24, 2.45) is 0 Å². The van der Waals surface area contributed by atoms with Crippen molar-refractivity contribution < 1.29 is 14.0 Å². The molecule has 0 radical (unpaired) electrons. The number of halogens is 1. The second-order valence-corrected chi connectivity index (χ2v) is 4.64. The number of nitrogens with one attached hydrogen (secondary N) is 2. The molecule has 5 nitrogen and oxygen atoms in total. The van der Waals surface area contributed by atoms with E-state index in [4.69, 9.17) is 16.0 Å². The Hall–Kier alpha value is -2.27. The highest BCUT2D eigenvalue weighted by Crippen LogP contribution is 2.21. The van der Waals surface area contributed by atoms with Gasteiger partial charge in [-0.1, -0.05) is 0 Å². The van der Waals surface area contributed by atoms with Crippen molar-refractivity contribution in [1.82, 2.24) is 0 Å². The summed E-state index contributed by atoms with van der Waals surface area (Å²) >= 11 is 5.62. The quantitative estimate of drug-likeness (QED) is 0.910. The minimum Gasteiger partial charge on any atom is -0.440 e. The fourth-order valence-corrected chi connectivity index (χ4v) is 1.85. The van der Waals surface area contributed by atoms with Gasteiger partial charge in [0, 0.05) is 18.3 Å². The Morgan fingerprint density at radius 1 is 1.15 bits per heavy atom. The predicted octanol–water partition coefficient (Wildman–Crippen LogP) is 3.45. The van der Waals surface area contributed by atoms with Crippen LogP contribution in [-0.2, 0) is 4.79 Å². The van der Waals surface area contributed by atoms with E-state index in [2.05, 4.69) is 10.6 Å². The number of furan rings is 1. The summed E-state index contributed by atoms with van der Waals surface area (Å²) in [6, 6.07) is 8.17. The Labute approximate surface area is 120 Å². The highest BCUT2D eigenvalue weighted by molar-refractivity contribution is 6.29. The molecular weight excluding hydrogens is 280 g/mol. The van der Waals surface area contributed by atoms with Crippen LogP contribution in [-0.4, -0.2) is 11.8 Å². The van der Waals surface area contributed by atoms with E-state index in [1.54, 1.807) is 18.2 Å². The van der Waals surface area contributed by atoms with Gasteiger partial charge in [0.25, 0.3) is 5.91 Å². The standard InChI is InChI=1S/C14H13ClN2O3/c1-8-7-10(3-4-11(8)16-9(2)18)17-14(19)12-5-6-13(15)20-12/h3-7H,1-2H3,(H,16,18)(H,17,19). The summed E-state index contributed by atoms with van der Waals surface area (Å²) in [6.07, 6.45) is 0. The molecular formula is C14H13ClN2O3. The van der Waals surface area contributed by atoms with Crippen molar-refractivity contribution in [3.8, 4) is 0 Å². The van der Waals surface area contributed by atoms with Crippen LogP contribution in [0, 0.1) is 6.92 Å². The van der Waals surface area contributed by atoms with E-state index in [0.717, 1.165) is 5.56 Å². The van der Waals surface area contributed by atoms with Crippen LogP contribution < -0.4 is 10.6 Å². The van der Waals surface area contributed by atoms with Gasteiger partial charge < -0.3 is 15.1 Å². The van der Waals surface area contributed by atoms with Gasteiger partial charge in [0.1, 0.15) is 0 Å². The van der Waals surface area contributed by atoms with Gasteiger partial charge in [0.15, 0.2) is 11.0 Å². The zero-order valence-electron chi connectivity index (χ0n) is 11.0. The Kier molecular flexibility index (Phi) is 4.10. The monoisotopic (exact) mass is 292 g/mol. The minimum atomic E-state index is -0.386. The summed E-state index contributed by atoms with van der Waals surface area (Å²) in [5.41, 5.74) is 2.15. The zero-order valence-corrected chi connectivity index (χ0v) is 11.7. The Morgan fingerprint density at radius 2 is 1.90 bits per heavy atom. The molecule has 0 atom stereocenters. The average Bonchev–Trinajstić information content (AvgIpc) is 2.79. The molecule has 2 aromatic rings. The molecule has 0 aliphatic carbocycles. The molecule has 1 heterocycles. The summed E-state index contributed by atoms with van der Waals surface area (Å²) in [5, 5.41) is 5.55. The first-order chi connectivity index (χ1) is 9.45. The van der Waals surface area contributed by atoms with Gasteiger partial charge >= 0.3 is 0 Å². The number of hydrogen-bond acceptors (Lipinski definition) is 3. The topological polar surface area (TPSA) is 71.3 Å². The van der Waals surface area contributed by atoms with E-state index in [9.17, 15) is 9.59 Å². The highest BCUT2D eigenvalue weighted by Gasteiger charge is 2.11. The number of amides is 2. The summed E-state index contributed by atoms with van der Waals surface area (Å²) in [6.45, 7) is 3.28. The predicted molar refractivity (Wildman–Crippen MR) is 77.2 cm³/mol. The summed E-state index contributed by atoms with van der Waals surface area (Å²) < 4.78 is 5.02. The third-order valence-electron chi connectivity index (χ3n) is 2.59. The van der Waals surface area contributed by atoms with E-state index in [1.165, 1.54) is 19.1 Å². The fourth-order valence-electron chi connectivity index (χ4n) is 1.70. The molecule has 1 aromatic heterocycles. The lowest BCUT2D eigenvalue weighted by molar-refractivity contribution is -0.114. The molecule has 20 heavy (non-hydrogen) atoms. The number of hydrogen-bond donors (Lipinski definition) is 2. The first-order valence-corrected chi connectivity index (χ1v) is 6.28. The highest BCUT2D eigenvalue weighted by atomic mass is 35.5. The first-order valence-electron chi connectivity index (χ1n) is 5.90. The fraction of sp³-hybridized carbons (Fsp3) is 0.143. The van der Waals surface area contributed by atoms with Gasteiger partial charge in [0.05, 0.1) is 0 Å². The molecule has 0 unspecified atom stereocenters. The first kappa shape index (κ1) is 14.1. The number of aryl methyl sites for hydroxylation is 1. The van der Waals surface area contributed by atoms with Gasteiger partial charge in [-0.2, -0.15) is 0 Å². The molecule has 2 rings (SSSR count). The molecule has 0 fully saturated rings. The van der Waals surface area contributed by atoms with Crippen LogP contribution in [0.1, 0.15) is 23.0 Å². The van der Waals surface area contributed by atoms with Gasteiger partial charge in [-0.3, -0.25) is 9.59 Å². The Bertz CT molecular complexity index is 664. The van der Waals surface area contributed by atoms with Crippen molar-refractivity contribution in [3.05, 3.63) is 46.9 Å². The van der Waals surface area contributed by atoms with E-state index < -0.39 is 0 Å². The van der Waals surface area contributed by atoms with E-state index in [0.29, 0.717) is 11.4 Å². The third-order valence-corrected chi connectivity index (χ3v) is 2.80. The third kappa shape index (κ3) is 3.39. The van der Waals surface area contributed by atoms with Crippen molar-refractivity contribution in [3.63, 3.8) is 0 Å². The number of carbonyl (C=O) groups is 2. The van der Waals surface area contributed by atoms with Gasteiger partial charge in [-0.15, -0.1) is 0 Å². The molecule has 104 valence electrons. The second kappa shape index (κ2) is 5.79. The van der Waals surface area contributed by atoms with Crippen LogP contribution in [0.25, 0.3) is 0 Å². The Balaban J connectivity index is 2.12. The second-order valence-electron chi connectivity index (χ2n) is 4.27. The smallest absolute Gasteiger partial charge is 0.291 e. The van der Waals surface area contributed by atoms with Gasteiger partial charge in [-0.25, -0.2) is 0 Å². The summed E-state index contributed by atoms with van der Waals surface area (Å²) in [5.74, 6) is -0.391. The van der Waals surface area contributed by atoms with E-state index in [-0.39, 0.29) is 22.8 Å². The molecule has 0 spiro atoms. The minimum absolute atomic E-state index is 0.138. The molecule has 2 N–H and O–H groups in total. The zero-order chi connectivity index (χ0) is 14.7. The molecule has 1 aromatic carbocycles. The number of benzene rings is 1. The molecule has 0 aliphatic heterocycles. The molecule has 6 heteroatoms. The van der Waals surface area contributed by atoms with Crippen molar-refractivity contribution in [2.45, 2.75) is 13.8 Å². The van der Waals surface area contributed by atoms with Crippen molar-refractivity contribution in [2.75, 3.05) is 10.6 Å². The number of carbonyl (C=O) groups excluding carboxylic acids is 2. The van der Waals surface area contributed by atoms with Crippen LogP contribution >= 0.6 is 11.6 Å². The molecule has 0 saturated heterocycles. The van der Waals surface area contributed by atoms with E-state index >= 15 is 0 Å². The number of anilines is 2.